The minimum Gasteiger partial charge on any atom is -0.497 e. The number of hydrogen-bond donors (Lipinski definition) is 2. The second kappa shape index (κ2) is 6.06. The van der Waals surface area contributed by atoms with E-state index in [0.29, 0.717) is 25.0 Å². The first-order chi connectivity index (χ1) is 11.4. The molecule has 0 spiro atoms. The largest absolute Gasteiger partial charge is 0.497 e. The van der Waals surface area contributed by atoms with Crippen LogP contribution in [0, 0.1) is 5.92 Å². The Morgan fingerprint density at radius 2 is 2.04 bits per heavy atom. The van der Waals surface area contributed by atoms with Crippen LogP contribution in [0.1, 0.15) is 19.3 Å². The van der Waals surface area contributed by atoms with Gasteiger partial charge in [-0.3, -0.25) is 10.0 Å². The monoisotopic (exact) mass is 354 g/mol. The molecule has 2 fully saturated rings. The Hall–Kier alpha value is -2.13. The van der Waals surface area contributed by atoms with E-state index in [-0.39, 0.29) is 9.96 Å². The van der Waals surface area contributed by atoms with Gasteiger partial charge in [-0.1, -0.05) is 12.5 Å². The molecule has 1 aromatic carbocycles. The molecule has 9 heteroatoms. The maximum atomic E-state index is 13.0. The third-order valence-corrected chi connectivity index (χ3v) is 6.85. The predicted octanol–water partition coefficient (Wildman–Crippen LogP) is 0.947. The van der Waals surface area contributed by atoms with Gasteiger partial charge in [-0.2, -0.15) is 0 Å². The Bertz CT molecular complexity index is 778. The summed E-state index contributed by atoms with van der Waals surface area (Å²) in [4.78, 5) is 23.9. The van der Waals surface area contributed by atoms with E-state index in [1.54, 1.807) is 12.1 Å². The Balaban J connectivity index is 1.98. The minimum atomic E-state index is -3.78. The first-order valence-corrected chi connectivity index (χ1v) is 9.12. The average Bonchev–Trinajstić information content (AvgIpc) is 2.59. The molecular formula is C15H18N2O6S. The lowest BCUT2D eigenvalue weighted by molar-refractivity contribution is -0.163. The van der Waals surface area contributed by atoms with Crippen molar-refractivity contribution in [3.63, 3.8) is 0 Å². The molecule has 3 amide bonds. The van der Waals surface area contributed by atoms with E-state index in [1.165, 1.54) is 19.2 Å². The zero-order valence-electron chi connectivity index (χ0n) is 13.0. The molecule has 8 nitrogen and oxygen atoms in total. The molecule has 0 radical (unpaired) electrons. The lowest BCUT2D eigenvalue weighted by atomic mass is 9.82. The van der Waals surface area contributed by atoms with Crippen molar-refractivity contribution >= 4 is 21.8 Å². The molecule has 1 saturated heterocycles. The molecule has 1 saturated carbocycles. The van der Waals surface area contributed by atoms with Gasteiger partial charge in [0.05, 0.1) is 29.2 Å². The van der Waals surface area contributed by atoms with Crippen molar-refractivity contribution in [2.75, 3.05) is 7.11 Å². The van der Waals surface area contributed by atoms with Crippen molar-refractivity contribution in [3.8, 4) is 5.75 Å². The summed E-state index contributed by atoms with van der Waals surface area (Å²) in [7, 11) is -2.33. The summed E-state index contributed by atoms with van der Waals surface area (Å²) >= 11 is 0. The number of nitrogens with one attached hydrogen (secondary N) is 1. The molecule has 1 heterocycles. The summed E-state index contributed by atoms with van der Waals surface area (Å²) in [5.74, 6) is -1.09. The summed E-state index contributed by atoms with van der Waals surface area (Å²) in [6.45, 7) is 0. The summed E-state index contributed by atoms with van der Waals surface area (Å²) in [5, 5.41) is 11.0. The second-order valence-corrected chi connectivity index (χ2v) is 8.09. The van der Waals surface area contributed by atoms with Crippen LogP contribution in [0.3, 0.4) is 0 Å². The smallest absolute Gasteiger partial charge is 0.348 e. The van der Waals surface area contributed by atoms with Crippen LogP contribution in [0.15, 0.2) is 29.2 Å². The number of benzene rings is 1. The minimum absolute atomic E-state index is 0.0295. The van der Waals surface area contributed by atoms with E-state index < -0.39 is 39.0 Å². The maximum absolute atomic E-state index is 13.0. The number of hydroxylamine groups is 2. The normalized spacial score (nSPS) is 27.4. The number of carbonyl (C=O) groups is 2. The number of rotatable bonds is 3. The maximum Gasteiger partial charge on any atom is 0.348 e. The molecule has 0 aromatic heterocycles. The SMILES string of the molecule is COc1cccc(S(=O)(=O)C2CCCC3C(=O)N(O)C(=O)NC32)c1. The van der Waals surface area contributed by atoms with Crippen LogP contribution >= 0.6 is 0 Å². The molecule has 24 heavy (non-hydrogen) atoms. The molecule has 130 valence electrons. The van der Waals surface area contributed by atoms with E-state index in [1.807, 2.05) is 0 Å². The van der Waals surface area contributed by atoms with Crippen molar-refractivity contribution < 1.29 is 28.0 Å². The van der Waals surface area contributed by atoms with Crippen molar-refractivity contribution in [1.29, 1.82) is 0 Å². The quantitative estimate of drug-likeness (QED) is 0.781. The molecule has 3 unspecified atom stereocenters. The zero-order valence-corrected chi connectivity index (χ0v) is 13.8. The van der Waals surface area contributed by atoms with Gasteiger partial charge in [0, 0.05) is 0 Å². The molecule has 2 aliphatic rings. The fourth-order valence-electron chi connectivity index (χ4n) is 3.39. The van der Waals surface area contributed by atoms with E-state index in [0.717, 1.165) is 0 Å². The number of methoxy groups -OCH3 is 1. The van der Waals surface area contributed by atoms with E-state index in [4.69, 9.17) is 4.74 Å². The van der Waals surface area contributed by atoms with Crippen LogP contribution in [0.5, 0.6) is 5.75 Å². The average molecular weight is 354 g/mol. The van der Waals surface area contributed by atoms with Crippen LogP contribution in [0.25, 0.3) is 0 Å². The lowest BCUT2D eigenvalue weighted by Crippen LogP contribution is -2.64. The number of amides is 3. The van der Waals surface area contributed by atoms with Crippen LogP contribution in [-0.4, -0.2) is 49.0 Å². The zero-order chi connectivity index (χ0) is 17.5. The van der Waals surface area contributed by atoms with Crippen LogP contribution in [0.2, 0.25) is 0 Å². The van der Waals surface area contributed by atoms with Gasteiger partial charge >= 0.3 is 6.03 Å². The fraction of sp³-hybridized carbons (Fsp3) is 0.467. The summed E-state index contributed by atoms with van der Waals surface area (Å²) in [6, 6.07) is 4.26. The number of nitrogens with zero attached hydrogens (tertiary/aromatic N) is 1. The van der Waals surface area contributed by atoms with Crippen molar-refractivity contribution in [1.82, 2.24) is 10.4 Å². The van der Waals surface area contributed by atoms with Crippen molar-refractivity contribution in [3.05, 3.63) is 24.3 Å². The van der Waals surface area contributed by atoms with E-state index >= 15 is 0 Å². The van der Waals surface area contributed by atoms with Gasteiger partial charge in [-0.05, 0) is 31.0 Å². The third kappa shape index (κ3) is 2.63. The molecule has 1 aliphatic carbocycles. The van der Waals surface area contributed by atoms with Crippen LogP contribution < -0.4 is 10.1 Å². The standard InChI is InChI=1S/C15H18N2O6S/c1-23-9-4-2-5-10(8-9)24(21,22)12-7-3-6-11-13(12)16-15(19)17(20)14(11)18/h2,4-5,8,11-13,20H,3,6-7H2,1H3,(H,16,19). The highest BCUT2D eigenvalue weighted by molar-refractivity contribution is 7.92. The summed E-state index contributed by atoms with van der Waals surface area (Å²) < 4.78 is 31.1. The Morgan fingerprint density at radius 1 is 1.29 bits per heavy atom. The van der Waals surface area contributed by atoms with Gasteiger partial charge in [0.1, 0.15) is 5.75 Å². The number of hydrogen-bond acceptors (Lipinski definition) is 6. The molecule has 3 rings (SSSR count). The number of ether oxygens (including phenoxy) is 1. The highest BCUT2D eigenvalue weighted by Crippen LogP contribution is 2.35. The van der Waals surface area contributed by atoms with E-state index in [2.05, 4.69) is 5.32 Å². The predicted molar refractivity (Wildman–Crippen MR) is 82.3 cm³/mol. The van der Waals surface area contributed by atoms with Gasteiger partial charge in [0.2, 0.25) is 0 Å². The Morgan fingerprint density at radius 3 is 2.75 bits per heavy atom. The number of sulfone groups is 1. The Kier molecular flexibility index (Phi) is 4.22. The topological polar surface area (TPSA) is 113 Å². The fourth-order valence-corrected chi connectivity index (χ4v) is 5.41. The molecule has 2 N–H and O–H groups in total. The number of urea groups is 1. The van der Waals surface area contributed by atoms with Crippen LogP contribution in [-0.2, 0) is 14.6 Å². The number of fused-ring (bicyclic) bond motifs is 1. The third-order valence-electron chi connectivity index (χ3n) is 4.61. The molecule has 3 atom stereocenters. The van der Waals surface area contributed by atoms with Gasteiger partial charge in [-0.25, -0.2) is 13.2 Å². The lowest BCUT2D eigenvalue weighted by Gasteiger charge is -2.41. The molecular weight excluding hydrogens is 336 g/mol. The van der Waals surface area contributed by atoms with Crippen LogP contribution in [0.4, 0.5) is 4.79 Å². The van der Waals surface area contributed by atoms with Crippen molar-refractivity contribution in [2.24, 2.45) is 5.92 Å². The van der Waals surface area contributed by atoms with Gasteiger partial charge in [0.15, 0.2) is 9.84 Å². The number of carbonyl (C=O) groups excluding carboxylic acids is 2. The summed E-state index contributed by atoms with van der Waals surface area (Å²) in [6.07, 6.45) is 1.27. The first-order valence-electron chi connectivity index (χ1n) is 7.57. The van der Waals surface area contributed by atoms with E-state index in [9.17, 15) is 23.2 Å². The summed E-state index contributed by atoms with van der Waals surface area (Å²) in [5.41, 5.74) is 0. The first kappa shape index (κ1) is 16.7. The highest BCUT2D eigenvalue weighted by atomic mass is 32.2. The molecule has 1 aliphatic heterocycles. The Labute approximate surface area is 139 Å². The molecule has 1 aromatic rings. The van der Waals surface area contributed by atoms with Crippen molar-refractivity contribution in [2.45, 2.75) is 35.4 Å². The second-order valence-electron chi connectivity index (χ2n) is 5.93. The van der Waals surface area contributed by atoms with Gasteiger partial charge < -0.3 is 10.1 Å². The highest BCUT2D eigenvalue weighted by Gasteiger charge is 2.50. The molecule has 0 bridgehead atoms. The van der Waals surface area contributed by atoms with Gasteiger partial charge in [0.25, 0.3) is 5.91 Å². The number of imide groups is 1. The van der Waals surface area contributed by atoms with Gasteiger partial charge in [-0.15, -0.1) is 5.06 Å².